The van der Waals surface area contributed by atoms with Crippen LogP contribution in [0.4, 0.5) is 5.69 Å². The molecule has 1 aromatic rings. The van der Waals surface area contributed by atoms with Gasteiger partial charge in [-0.05, 0) is 71.5 Å². The van der Waals surface area contributed by atoms with Crippen LogP contribution < -0.4 is 4.90 Å². The summed E-state index contributed by atoms with van der Waals surface area (Å²) in [6, 6.07) is 6.47. The molecular formula is C15H18INO. The predicted molar refractivity (Wildman–Crippen MR) is 81.8 cm³/mol. The van der Waals surface area contributed by atoms with Crippen LogP contribution in [0.1, 0.15) is 37.7 Å². The maximum absolute atomic E-state index is 12.2. The number of carbonyl (C=O) groups excluding carboxylic acids is 1. The van der Waals surface area contributed by atoms with E-state index in [0.717, 1.165) is 18.9 Å². The van der Waals surface area contributed by atoms with Crippen molar-refractivity contribution in [3.8, 4) is 0 Å². The van der Waals surface area contributed by atoms with Crippen LogP contribution in [0.15, 0.2) is 18.2 Å². The Morgan fingerprint density at radius 1 is 1.22 bits per heavy atom. The van der Waals surface area contributed by atoms with Crippen LogP contribution in [0.2, 0.25) is 0 Å². The number of amides is 1. The van der Waals surface area contributed by atoms with Crippen LogP contribution >= 0.6 is 22.6 Å². The van der Waals surface area contributed by atoms with Crippen LogP contribution in [0.3, 0.4) is 0 Å². The van der Waals surface area contributed by atoms with E-state index in [-0.39, 0.29) is 0 Å². The highest BCUT2D eigenvalue weighted by molar-refractivity contribution is 14.1. The molecule has 1 fully saturated rings. The minimum absolute atomic E-state index is 0.315. The first-order chi connectivity index (χ1) is 8.74. The van der Waals surface area contributed by atoms with E-state index in [1.54, 1.807) is 0 Å². The summed E-state index contributed by atoms with van der Waals surface area (Å²) >= 11 is 2.34. The van der Waals surface area contributed by atoms with E-state index in [0.29, 0.717) is 12.3 Å². The molecule has 0 atom stereocenters. The van der Waals surface area contributed by atoms with Crippen LogP contribution in [0.25, 0.3) is 0 Å². The molecule has 0 saturated heterocycles. The van der Waals surface area contributed by atoms with E-state index in [1.165, 1.54) is 40.5 Å². The van der Waals surface area contributed by atoms with Crippen molar-refractivity contribution in [3.05, 3.63) is 27.3 Å². The zero-order valence-corrected chi connectivity index (χ0v) is 12.7. The second-order valence-electron chi connectivity index (χ2n) is 5.43. The zero-order valence-electron chi connectivity index (χ0n) is 10.5. The number of rotatable bonds is 2. The third kappa shape index (κ3) is 2.42. The lowest BCUT2D eigenvalue weighted by molar-refractivity contribution is -0.119. The van der Waals surface area contributed by atoms with Crippen molar-refractivity contribution < 1.29 is 4.79 Å². The maximum atomic E-state index is 12.2. The van der Waals surface area contributed by atoms with E-state index < -0.39 is 0 Å². The highest BCUT2D eigenvalue weighted by Gasteiger charge is 2.27. The number of hydrogen-bond acceptors (Lipinski definition) is 1. The number of benzene rings is 1. The van der Waals surface area contributed by atoms with Gasteiger partial charge in [0.2, 0.25) is 5.91 Å². The number of hydrogen-bond donors (Lipinski definition) is 0. The van der Waals surface area contributed by atoms with Gasteiger partial charge in [-0.2, -0.15) is 0 Å². The fourth-order valence-corrected chi connectivity index (χ4v) is 3.74. The second-order valence-corrected chi connectivity index (χ2v) is 6.67. The first kappa shape index (κ1) is 12.5. The molecule has 3 rings (SSSR count). The lowest BCUT2D eigenvalue weighted by Crippen LogP contribution is -2.38. The Morgan fingerprint density at radius 3 is 2.78 bits per heavy atom. The summed E-state index contributed by atoms with van der Waals surface area (Å²) in [6.45, 7) is 0.937. The lowest BCUT2D eigenvalue weighted by atomic mass is 9.99. The average Bonchev–Trinajstić information content (AvgIpc) is 2.86. The zero-order chi connectivity index (χ0) is 12.5. The number of aryl methyl sites for hydroxylation is 1. The van der Waals surface area contributed by atoms with Crippen LogP contribution in [0, 0.1) is 9.49 Å². The summed E-state index contributed by atoms with van der Waals surface area (Å²) in [5, 5.41) is 0. The maximum Gasteiger partial charge on any atom is 0.227 e. The number of fused-ring (bicyclic) bond motifs is 1. The molecule has 0 N–H and O–H groups in total. The number of nitrogens with zero attached hydrogens (tertiary/aromatic N) is 1. The highest BCUT2D eigenvalue weighted by atomic mass is 127. The van der Waals surface area contributed by atoms with Gasteiger partial charge in [-0.15, -0.1) is 0 Å². The van der Waals surface area contributed by atoms with Gasteiger partial charge < -0.3 is 4.90 Å². The summed E-state index contributed by atoms with van der Waals surface area (Å²) in [7, 11) is 0. The minimum Gasteiger partial charge on any atom is -0.312 e. The standard InChI is InChI=1S/C15H18INO/c16-13-6-7-14-12(9-13)5-8-15(18)17(14)10-11-3-1-2-4-11/h6-7,9,11H,1-5,8,10H2. The van der Waals surface area contributed by atoms with Crippen molar-refractivity contribution in [2.45, 2.75) is 38.5 Å². The smallest absolute Gasteiger partial charge is 0.227 e. The Morgan fingerprint density at radius 2 is 2.00 bits per heavy atom. The first-order valence-electron chi connectivity index (χ1n) is 6.83. The molecule has 1 heterocycles. The molecule has 96 valence electrons. The van der Waals surface area contributed by atoms with Gasteiger partial charge >= 0.3 is 0 Å². The minimum atomic E-state index is 0.315. The van der Waals surface area contributed by atoms with E-state index in [9.17, 15) is 4.79 Å². The van der Waals surface area contributed by atoms with E-state index in [4.69, 9.17) is 0 Å². The fourth-order valence-electron chi connectivity index (χ4n) is 3.18. The van der Waals surface area contributed by atoms with Crippen LogP contribution in [0.5, 0.6) is 0 Å². The Bertz CT molecular complexity index is 466. The summed E-state index contributed by atoms with van der Waals surface area (Å²) < 4.78 is 1.27. The monoisotopic (exact) mass is 355 g/mol. The molecule has 3 heteroatoms. The third-order valence-corrected chi connectivity index (χ3v) is 4.83. The van der Waals surface area contributed by atoms with Crippen molar-refractivity contribution in [2.75, 3.05) is 11.4 Å². The molecule has 1 amide bonds. The largest absolute Gasteiger partial charge is 0.312 e. The molecule has 0 aromatic heterocycles. The van der Waals surface area contributed by atoms with Gasteiger partial charge in [0.1, 0.15) is 0 Å². The average molecular weight is 355 g/mol. The van der Waals surface area contributed by atoms with E-state index in [1.807, 2.05) is 4.90 Å². The molecule has 2 nitrogen and oxygen atoms in total. The predicted octanol–water partition coefficient (Wildman–Crippen LogP) is 3.76. The van der Waals surface area contributed by atoms with Gasteiger partial charge in [0.05, 0.1) is 0 Å². The molecule has 0 radical (unpaired) electrons. The summed E-state index contributed by atoms with van der Waals surface area (Å²) in [6.07, 6.45) is 6.86. The molecule has 0 spiro atoms. The van der Waals surface area contributed by atoms with Crippen molar-refractivity contribution in [3.63, 3.8) is 0 Å². The quantitative estimate of drug-likeness (QED) is 0.740. The molecule has 18 heavy (non-hydrogen) atoms. The fraction of sp³-hybridized carbons (Fsp3) is 0.533. The Kier molecular flexibility index (Phi) is 3.59. The van der Waals surface area contributed by atoms with Gasteiger partial charge in [0, 0.05) is 22.2 Å². The summed E-state index contributed by atoms with van der Waals surface area (Å²) in [4.78, 5) is 14.2. The number of halogens is 1. The molecule has 1 aromatic carbocycles. The molecule has 1 saturated carbocycles. The van der Waals surface area contributed by atoms with Crippen LogP contribution in [-0.2, 0) is 11.2 Å². The normalized spacial score (nSPS) is 20.3. The molecule has 0 unspecified atom stereocenters. The molecule has 1 aliphatic heterocycles. The van der Waals surface area contributed by atoms with Crippen molar-refractivity contribution in [2.24, 2.45) is 5.92 Å². The Hall–Kier alpha value is -0.580. The summed E-state index contributed by atoms with van der Waals surface area (Å²) in [5.74, 6) is 1.04. The van der Waals surface area contributed by atoms with Crippen molar-refractivity contribution in [1.29, 1.82) is 0 Å². The first-order valence-corrected chi connectivity index (χ1v) is 7.91. The molecule has 0 bridgehead atoms. The van der Waals surface area contributed by atoms with Crippen LogP contribution in [-0.4, -0.2) is 12.5 Å². The molecule has 1 aliphatic carbocycles. The second kappa shape index (κ2) is 5.19. The SMILES string of the molecule is O=C1CCc2cc(I)ccc2N1CC1CCCC1. The van der Waals surface area contributed by atoms with Gasteiger partial charge in [0.25, 0.3) is 0 Å². The van der Waals surface area contributed by atoms with Crippen molar-refractivity contribution >= 4 is 34.2 Å². The van der Waals surface area contributed by atoms with E-state index in [2.05, 4.69) is 40.8 Å². The lowest BCUT2D eigenvalue weighted by Gasteiger charge is -2.31. The van der Waals surface area contributed by atoms with E-state index >= 15 is 0 Å². The highest BCUT2D eigenvalue weighted by Crippen LogP contribution is 2.33. The van der Waals surface area contributed by atoms with Crippen molar-refractivity contribution in [1.82, 2.24) is 0 Å². The summed E-state index contributed by atoms with van der Waals surface area (Å²) in [5.41, 5.74) is 2.51. The van der Waals surface area contributed by atoms with Gasteiger partial charge in [-0.25, -0.2) is 0 Å². The third-order valence-electron chi connectivity index (χ3n) is 4.16. The Balaban J connectivity index is 1.86. The van der Waals surface area contributed by atoms with Gasteiger partial charge in [0.15, 0.2) is 0 Å². The van der Waals surface area contributed by atoms with Gasteiger partial charge in [-0.1, -0.05) is 12.8 Å². The topological polar surface area (TPSA) is 20.3 Å². The van der Waals surface area contributed by atoms with Gasteiger partial charge in [-0.3, -0.25) is 4.79 Å². The number of carbonyl (C=O) groups is 1. The molecular weight excluding hydrogens is 337 g/mol. The number of anilines is 1. The Labute approximate surface area is 122 Å². The molecule has 2 aliphatic rings.